The Morgan fingerprint density at radius 1 is 1.03 bits per heavy atom. The van der Waals surface area contributed by atoms with E-state index >= 15 is 0 Å². The van der Waals surface area contributed by atoms with E-state index in [9.17, 15) is 9.59 Å². The Kier molecular flexibility index (Phi) is 5.83. The number of hydrogen-bond donors (Lipinski definition) is 0. The third-order valence-corrected chi connectivity index (χ3v) is 7.57. The van der Waals surface area contributed by atoms with E-state index < -0.39 is 5.54 Å². The largest absolute Gasteiger partial charge is 0.374 e. The average molecular weight is 448 g/mol. The molecule has 0 atom stereocenters. The first-order chi connectivity index (χ1) is 16.0. The number of imide groups is 1. The number of piperidine rings is 1. The number of aromatic nitrogens is 1. The van der Waals surface area contributed by atoms with Gasteiger partial charge in [-0.2, -0.15) is 0 Å². The van der Waals surface area contributed by atoms with Crippen LogP contribution in [0.5, 0.6) is 0 Å². The summed E-state index contributed by atoms with van der Waals surface area (Å²) >= 11 is 0. The highest BCUT2D eigenvalue weighted by molar-refractivity contribution is 6.07. The number of likely N-dealkylation sites (tertiary alicyclic amines) is 1. The smallest absolute Gasteiger partial charge is 0.328 e. The number of rotatable bonds is 5. The Labute approximate surface area is 196 Å². The molecule has 0 N–H and O–H groups in total. The van der Waals surface area contributed by atoms with Gasteiger partial charge in [0.2, 0.25) is 0 Å². The molecule has 1 aromatic heterocycles. The van der Waals surface area contributed by atoms with Crippen LogP contribution in [0, 0.1) is 0 Å². The lowest BCUT2D eigenvalue weighted by Crippen LogP contribution is -2.56. The van der Waals surface area contributed by atoms with Crippen LogP contribution in [0.15, 0.2) is 42.6 Å². The first-order valence-electron chi connectivity index (χ1n) is 12.1. The van der Waals surface area contributed by atoms with Crippen LogP contribution in [0.4, 0.5) is 10.5 Å². The van der Waals surface area contributed by atoms with Crippen LogP contribution in [0.25, 0.3) is 0 Å². The highest BCUT2D eigenvalue weighted by Crippen LogP contribution is 2.38. The number of likely N-dealkylation sites (N-methyl/N-ethyl adjacent to an activating group) is 1. The topological polar surface area (TPSA) is 60.0 Å². The summed E-state index contributed by atoms with van der Waals surface area (Å²) in [7, 11) is 2.16. The molecule has 3 aliphatic rings. The molecule has 0 unspecified atom stereocenters. The second-order valence-corrected chi connectivity index (χ2v) is 9.54. The molecule has 2 fully saturated rings. The number of aryl methyl sites for hydroxylation is 1. The molecular weight excluding hydrogens is 414 g/mol. The molecule has 33 heavy (non-hydrogen) atoms. The predicted octanol–water partition coefficient (Wildman–Crippen LogP) is 3.28. The molecule has 2 saturated heterocycles. The third-order valence-electron chi connectivity index (χ3n) is 7.57. The molecule has 7 nitrogen and oxygen atoms in total. The molecule has 3 amide bonds. The minimum Gasteiger partial charge on any atom is -0.374 e. The van der Waals surface area contributed by atoms with E-state index in [-0.39, 0.29) is 18.5 Å². The van der Waals surface area contributed by atoms with Gasteiger partial charge in [0.1, 0.15) is 5.54 Å². The summed E-state index contributed by atoms with van der Waals surface area (Å²) in [5.74, 6) is -0.0588. The molecule has 0 aliphatic carbocycles. The molecule has 0 radical (unpaired) electrons. The molecule has 3 aliphatic heterocycles. The van der Waals surface area contributed by atoms with Gasteiger partial charge in [-0.1, -0.05) is 18.2 Å². The van der Waals surface area contributed by atoms with E-state index in [1.165, 1.54) is 28.1 Å². The Bertz CT molecular complexity index is 1030. The standard InChI is InChI=1S/C26H33N5O2/c1-3-31-25(33)30(19-22-8-4-5-13-27-22)24(32)26(31)11-15-29(16-12-26)18-20-9-10-23-21(17-20)7-6-14-28(23)2/h4-5,8-10,13,17H,3,6-7,11-12,14-16,18-19H2,1-2H3. The van der Waals surface area contributed by atoms with Crippen molar-refractivity contribution in [3.05, 3.63) is 59.4 Å². The fraction of sp³-hybridized carbons (Fsp3) is 0.500. The zero-order valence-corrected chi connectivity index (χ0v) is 19.7. The molecule has 0 bridgehead atoms. The lowest BCUT2D eigenvalue weighted by atomic mass is 9.85. The Morgan fingerprint density at radius 2 is 1.85 bits per heavy atom. The molecule has 1 aromatic carbocycles. The van der Waals surface area contributed by atoms with Gasteiger partial charge in [0, 0.05) is 51.7 Å². The number of benzene rings is 1. The van der Waals surface area contributed by atoms with Crippen LogP contribution in [-0.2, 0) is 24.3 Å². The van der Waals surface area contributed by atoms with E-state index in [1.807, 2.05) is 25.1 Å². The fourth-order valence-electron chi connectivity index (χ4n) is 5.77. The summed E-state index contributed by atoms with van der Waals surface area (Å²) in [4.78, 5) is 39.0. The Balaban J connectivity index is 1.28. The zero-order valence-electron chi connectivity index (χ0n) is 19.7. The van der Waals surface area contributed by atoms with E-state index in [0.29, 0.717) is 19.4 Å². The van der Waals surface area contributed by atoms with Crippen LogP contribution < -0.4 is 4.90 Å². The SMILES string of the molecule is CCN1C(=O)N(Cc2ccccn2)C(=O)C12CCN(Cc1ccc3c(c1)CCCN3C)CC2. The normalized spacial score (nSPS) is 20.6. The molecular formula is C26H33N5O2. The van der Waals surface area contributed by atoms with Crippen molar-refractivity contribution in [1.29, 1.82) is 0 Å². The van der Waals surface area contributed by atoms with Crippen molar-refractivity contribution in [3.63, 3.8) is 0 Å². The van der Waals surface area contributed by atoms with E-state index in [1.54, 1.807) is 11.1 Å². The molecule has 1 spiro atoms. The molecule has 4 heterocycles. The van der Waals surface area contributed by atoms with Crippen molar-refractivity contribution in [2.45, 2.75) is 51.2 Å². The number of anilines is 1. The summed E-state index contributed by atoms with van der Waals surface area (Å²) < 4.78 is 0. The minimum absolute atomic E-state index is 0.0588. The quantitative estimate of drug-likeness (QED) is 0.659. The number of pyridine rings is 1. The lowest BCUT2D eigenvalue weighted by Gasteiger charge is -2.42. The van der Waals surface area contributed by atoms with Gasteiger partial charge in [-0.15, -0.1) is 0 Å². The molecule has 2 aromatic rings. The number of nitrogens with zero attached hydrogens (tertiary/aromatic N) is 5. The minimum atomic E-state index is -0.713. The van der Waals surface area contributed by atoms with Crippen LogP contribution in [-0.4, -0.2) is 70.4 Å². The van der Waals surface area contributed by atoms with Gasteiger partial charge >= 0.3 is 6.03 Å². The van der Waals surface area contributed by atoms with Crippen molar-refractivity contribution in [3.8, 4) is 0 Å². The second-order valence-electron chi connectivity index (χ2n) is 9.54. The first kappa shape index (κ1) is 21.9. The number of fused-ring (bicyclic) bond motifs is 1. The number of urea groups is 1. The average Bonchev–Trinajstić information content (AvgIpc) is 3.02. The Hall–Kier alpha value is -2.93. The van der Waals surface area contributed by atoms with Gasteiger partial charge in [-0.05, 0) is 61.9 Å². The number of carbonyl (C=O) groups excluding carboxylic acids is 2. The van der Waals surface area contributed by atoms with Gasteiger partial charge in [-0.3, -0.25) is 19.6 Å². The molecule has 0 saturated carbocycles. The van der Waals surface area contributed by atoms with E-state index in [0.717, 1.165) is 38.3 Å². The van der Waals surface area contributed by atoms with Crippen molar-refractivity contribution in [1.82, 2.24) is 19.7 Å². The van der Waals surface area contributed by atoms with Crippen LogP contribution in [0.3, 0.4) is 0 Å². The predicted molar refractivity (Wildman–Crippen MR) is 128 cm³/mol. The maximum Gasteiger partial charge on any atom is 0.328 e. The van der Waals surface area contributed by atoms with Crippen molar-refractivity contribution in [2.24, 2.45) is 0 Å². The Morgan fingerprint density at radius 3 is 2.58 bits per heavy atom. The highest BCUT2D eigenvalue weighted by atomic mass is 16.2. The maximum atomic E-state index is 13.5. The maximum absolute atomic E-state index is 13.5. The van der Waals surface area contributed by atoms with Crippen LogP contribution in [0.1, 0.15) is 43.0 Å². The zero-order chi connectivity index (χ0) is 23.0. The molecule has 5 rings (SSSR count). The van der Waals surface area contributed by atoms with Crippen molar-refractivity contribution < 1.29 is 9.59 Å². The summed E-state index contributed by atoms with van der Waals surface area (Å²) in [5.41, 5.74) is 4.15. The van der Waals surface area contributed by atoms with Gasteiger partial charge in [0.05, 0.1) is 12.2 Å². The second kappa shape index (κ2) is 8.78. The van der Waals surface area contributed by atoms with Gasteiger partial charge in [0.15, 0.2) is 0 Å². The van der Waals surface area contributed by atoms with E-state index in [4.69, 9.17) is 0 Å². The summed E-state index contributed by atoms with van der Waals surface area (Å²) in [5, 5.41) is 0. The van der Waals surface area contributed by atoms with Crippen LogP contribution >= 0.6 is 0 Å². The van der Waals surface area contributed by atoms with E-state index in [2.05, 4.69) is 40.0 Å². The number of amides is 3. The summed E-state index contributed by atoms with van der Waals surface area (Å²) in [6, 6.07) is 12.3. The van der Waals surface area contributed by atoms with Crippen LogP contribution in [0.2, 0.25) is 0 Å². The highest BCUT2D eigenvalue weighted by Gasteiger charge is 2.57. The fourth-order valence-corrected chi connectivity index (χ4v) is 5.77. The number of carbonyl (C=O) groups is 2. The van der Waals surface area contributed by atoms with Crippen molar-refractivity contribution in [2.75, 3.05) is 38.1 Å². The molecule has 174 valence electrons. The summed E-state index contributed by atoms with van der Waals surface area (Å²) in [6.07, 6.45) is 5.41. The molecule has 7 heteroatoms. The van der Waals surface area contributed by atoms with Crippen molar-refractivity contribution >= 4 is 17.6 Å². The third kappa shape index (κ3) is 3.88. The lowest BCUT2D eigenvalue weighted by molar-refractivity contribution is -0.136. The number of hydrogen-bond acceptors (Lipinski definition) is 5. The summed E-state index contributed by atoms with van der Waals surface area (Å²) in [6.45, 7) is 6.38. The van der Waals surface area contributed by atoms with Gasteiger partial charge in [-0.25, -0.2) is 4.79 Å². The van der Waals surface area contributed by atoms with Gasteiger partial charge in [0.25, 0.3) is 5.91 Å². The first-order valence-corrected chi connectivity index (χ1v) is 12.1. The van der Waals surface area contributed by atoms with Gasteiger partial charge < -0.3 is 9.80 Å². The monoisotopic (exact) mass is 447 g/mol.